The second kappa shape index (κ2) is 7.25. The molecule has 0 aliphatic carbocycles. The first-order valence-electron chi connectivity index (χ1n) is 5.10. The predicted molar refractivity (Wildman–Crippen MR) is 67.0 cm³/mol. The highest BCUT2D eigenvalue weighted by atomic mass is 35.5. The Morgan fingerprint density at radius 1 is 1.50 bits per heavy atom. The number of ketones is 1. The molecular weight excluding hydrogens is 226 g/mol. The zero-order chi connectivity index (χ0) is 12.7. The number of hydrogen-bond donors (Lipinski definition) is 2. The number of Topliss-reactive ketones (excluding diaryl/α,β-unsaturated/α-hetero) is 1. The maximum Gasteiger partial charge on any atom is 0.134 e. The minimum Gasteiger partial charge on any atom is -0.508 e. The summed E-state index contributed by atoms with van der Waals surface area (Å²) in [5, 5.41) is 9.90. The van der Waals surface area contributed by atoms with E-state index in [1.807, 2.05) is 6.92 Å². The minimum atomic E-state index is 0.0376. The molecule has 0 saturated carbocycles. The third-order valence-electron chi connectivity index (χ3n) is 1.94. The molecule has 0 aliphatic heterocycles. The van der Waals surface area contributed by atoms with Crippen LogP contribution in [0.3, 0.4) is 0 Å². The van der Waals surface area contributed by atoms with Crippen LogP contribution in [0.1, 0.15) is 25.0 Å². The molecule has 0 heterocycles. The van der Waals surface area contributed by atoms with E-state index in [1.54, 1.807) is 13.0 Å². The van der Waals surface area contributed by atoms with Crippen molar-refractivity contribution in [2.45, 2.75) is 27.2 Å². The molecule has 0 amide bonds. The number of halogens is 1. The Morgan fingerprint density at radius 2 is 2.00 bits per heavy atom. The van der Waals surface area contributed by atoms with Crippen LogP contribution in [0.2, 0.25) is 5.02 Å². The molecule has 1 aromatic rings. The minimum absolute atomic E-state index is 0.0376. The van der Waals surface area contributed by atoms with E-state index in [1.165, 1.54) is 13.0 Å². The Hall–Kier alpha value is -1.06. The van der Waals surface area contributed by atoms with E-state index in [0.29, 0.717) is 16.1 Å². The highest BCUT2D eigenvalue weighted by Crippen LogP contribution is 2.27. The first-order chi connectivity index (χ1) is 7.43. The zero-order valence-corrected chi connectivity index (χ0v) is 10.6. The average Bonchev–Trinajstić information content (AvgIpc) is 2.20. The van der Waals surface area contributed by atoms with Gasteiger partial charge in [0.25, 0.3) is 0 Å². The van der Waals surface area contributed by atoms with Crippen LogP contribution >= 0.6 is 11.6 Å². The number of phenols is 1. The first kappa shape index (κ1) is 14.9. The summed E-state index contributed by atoms with van der Waals surface area (Å²) in [6.07, 6.45) is 0.277. The molecule has 0 aliphatic rings. The van der Waals surface area contributed by atoms with Crippen molar-refractivity contribution in [1.29, 1.82) is 0 Å². The van der Waals surface area contributed by atoms with E-state index in [9.17, 15) is 9.90 Å². The van der Waals surface area contributed by atoms with Crippen molar-refractivity contribution in [3.8, 4) is 5.75 Å². The fraction of sp³-hybridized carbons (Fsp3) is 0.417. The van der Waals surface area contributed by atoms with Crippen molar-refractivity contribution in [2.75, 3.05) is 6.54 Å². The molecule has 90 valence electrons. The van der Waals surface area contributed by atoms with E-state index in [2.05, 4.69) is 0 Å². The molecule has 0 aromatic heterocycles. The smallest absolute Gasteiger partial charge is 0.134 e. The lowest BCUT2D eigenvalue weighted by molar-refractivity contribution is -0.116. The second-order valence-corrected chi connectivity index (χ2v) is 3.86. The predicted octanol–water partition coefficient (Wildman–Crippen LogP) is 2.45. The number of aromatic hydroxyl groups is 1. The summed E-state index contributed by atoms with van der Waals surface area (Å²) in [6, 6.07) is 3.13. The van der Waals surface area contributed by atoms with Crippen molar-refractivity contribution in [2.24, 2.45) is 5.73 Å². The van der Waals surface area contributed by atoms with E-state index in [0.717, 1.165) is 6.54 Å². The number of nitrogens with two attached hydrogens (primary N) is 1. The van der Waals surface area contributed by atoms with Crippen LogP contribution in [-0.4, -0.2) is 17.4 Å². The monoisotopic (exact) mass is 243 g/mol. The molecule has 0 fully saturated rings. The fourth-order valence-electron chi connectivity index (χ4n) is 1.18. The summed E-state index contributed by atoms with van der Waals surface area (Å²) in [5.41, 5.74) is 6.25. The van der Waals surface area contributed by atoms with Crippen molar-refractivity contribution < 1.29 is 9.90 Å². The zero-order valence-electron chi connectivity index (χ0n) is 9.88. The Labute approximate surface area is 101 Å². The van der Waals surface area contributed by atoms with E-state index in [4.69, 9.17) is 17.3 Å². The lowest BCUT2D eigenvalue weighted by atomic mass is 10.0. The average molecular weight is 244 g/mol. The number of hydrogen-bond acceptors (Lipinski definition) is 3. The van der Waals surface area contributed by atoms with Gasteiger partial charge in [-0.2, -0.15) is 0 Å². The van der Waals surface area contributed by atoms with Crippen LogP contribution in [0.25, 0.3) is 0 Å². The first-order valence-corrected chi connectivity index (χ1v) is 5.48. The molecule has 0 unspecified atom stereocenters. The molecule has 1 aromatic carbocycles. The van der Waals surface area contributed by atoms with Gasteiger partial charge in [0.2, 0.25) is 0 Å². The van der Waals surface area contributed by atoms with E-state index >= 15 is 0 Å². The number of carbonyl (C=O) groups excluding carboxylic acids is 1. The summed E-state index contributed by atoms with van der Waals surface area (Å²) >= 11 is 5.88. The summed E-state index contributed by atoms with van der Waals surface area (Å²) in [6.45, 7) is 5.90. The highest BCUT2D eigenvalue weighted by Gasteiger charge is 2.09. The fourth-order valence-corrected chi connectivity index (χ4v) is 1.45. The summed E-state index contributed by atoms with van der Waals surface area (Å²) in [7, 11) is 0. The molecule has 4 heteroatoms. The van der Waals surface area contributed by atoms with Crippen molar-refractivity contribution in [1.82, 2.24) is 0 Å². The van der Waals surface area contributed by atoms with Crippen LogP contribution in [0, 0.1) is 6.92 Å². The van der Waals surface area contributed by atoms with Crippen LogP contribution in [-0.2, 0) is 11.2 Å². The van der Waals surface area contributed by atoms with Crippen molar-refractivity contribution in [3.05, 3.63) is 28.3 Å². The second-order valence-electron chi connectivity index (χ2n) is 3.46. The number of phenolic OH excluding ortho intramolecular Hbond substituents is 1. The van der Waals surface area contributed by atoms with Crippen LogP contribution in [0.4, 0.5) is 0 Å². The normalized spacial score (nSPS) is 9.31. The number of carbonyl (C=O) groups is 1. The van der Waals surface area contributed by atoms with Gasteiger partial charge >= 0.3 is 0 Å². The maximum atomic E-state index is 10.9. The van der Waals surface area contributed by atoms with Gasteiger partial charge in [0.05, 0.1) is 0 Å². The van der Waals surface area contributed by atoms with Gasteiger partial charge in [-0.3, -0.25) is 4.79 Å². The number of benzene rings is 1. The Balaban J connectivity index is 0.000000673. The molecule has 16 heavy (non-hydrogen) atoms. The molecular formula is C12H18ClNO2. The van der Waals surface area contributed by atoms with Gasteiger partial charge < -0.3 is 10.8 Å². The van der Waals surface area contributed by atoms with Gasteiger partial charge in [0.1, 0.15) is 11.5 Å². The number of rotatable bonds is 2. The van der Waals surface area contributed by atoms with Gasteiger partial charge in [-0.25, -0.2) is 0 Å². The summed E-state index contributed by atoms with van der Waals surface area (Å²) in [4.78, 5) is 10.9. The summed E-state index contributed by atoms with van der Waals surface area (Å²) in [5.74, 6) is 0.219. The van der Waals surface area contributed by atoms with Gasteiger partial charge in [0, 0.05) is 11.4 Å². The van der Waals surface area contributed by atoms with Crippen LogP contribution in [0.5, 0.6) is 5.75 Å². The maximum absolute atomic E-state index is 10.9. The molecule has 3 nitrogen and oxygen atoms in total. The third-order valence-corrected chi connectivity index (χ3v) is 2.29. The van der Waals surface area contributed by atoms with Gasteiger partial charge in [0.15, 0.2) is 0 Å². The van der Waals surface area contributed by atoms with Gasteiger partial charge in [-0.15, -0.1) is 0 Å². The molecule has 0 atom stereocenters. The molecule has 0 bridgehead atoms. The van der Waals surface area contributed by atoms with Crippen molar-refractivity contribution >= 4 is 17.4 Å². The summed E-state index contributed by atoms with van der Waals surface area (Å²) < 4.78 is 0. The topological polar surface area (TPSA) is 63.3 Å². The quantitative estimate of drug-likeness (QED) is 0.839. The molecule has 3 N–H and O–H groups in total. The Kier molecular flexibility index (Phi) is 6.77. The van der Waals surface area contributed by atoms with Crippen molar-refractivity contribution in [3.63, 3.8) is 0 Å². The lowest BCUT2D eigenvalue weighted by Crippen LogP contribution is -1.99. The molecule has 1 rings (SSSR count). The van der Waals surface area contributed by atoms with Gasteiger partial charge in [-0.05, 0) is 43.7 Å². The van der Waals surface area contributed by atoms with Crippen LogP contribution in [0.15, 0.2) is 12.1 Å². The van der Waals surface area contributed by atoms with E-state index in [-0.39, 0.29) is 18.0 Å². The van der Waals surface area contributed by atoms with Gasteiger partial charge in [-0.1, -0.05) is 18.5 Å². The molecule has 0 spiro atoms. The lowest BCUT2D eigenvalue weighted by Gasteiger charge is -2.07. The SMILES string of the molecule is CC(=O)Cc1c(Cl)ccc(O)c1C.CCN. The molecule has 0 saturated heterocycles. The van der Waals surface area contributed by atoms with Crippen LogP contribution < -0.4 is 5.73 Å². The highest BCUT2D eigenvalue weighted by molar-refractivity contribution is 6.31. The Bertz CT molecular complexity index is 364. The van der Waals surface area contributed by atoms with E-state index < -0.39 is 0 Å². The molecule has 0 radical (unpaired) electrons. The Morgan fingerprint density at radius 3 is 2.44 bits per heavy atom. The standard InChI is InChI=1S/C10H11ClO2.C2H7N/c1-6(12)5-8-7(2)10(13)4-3-9(8)11;1-2-3/h3-4,13H,5H2,1-2H3;2-3H2,1H3. The largest absolute Gasteiger partial charge is 0.508 e. The third kappa shape index (κ3) is 4.64.